The average molecular weight is 579 g/mol. The maximum absolute atomic E-state index is 11.4. The summed E-state index contributed by atoms with van der Waals surface area (Å²) in [5.74, 6) is 0.888. The number of aliphatic hydroxyl groups excluding tert-OH is 2. The summed E-state index contributed by atoms with van der Waals surface area (Å²) in [6.07, 6.45) is 1.34. The van der Waals surface area contributed by atoms with Crippen LogP contribution < -0.4 is 10.6 Å². The standard InChI is InChI=1S/C34H26N8O2/c1-19-23(15-35)31-39-27-10-3-5-12-29(27)41(31)33(43)25(19)17-37-21-8-7-9-22(14-21)38-18-26-20(2)24(16-36)32-40-28-11-4-6-13-30(28)42(32)34(26)44/h3-14,17-18,33-34,37-38,43-44H,1-2H3/b25-17-,26-18-/t33-,34-/m1/s1. The number of nitrogens with zero attached hydrogens (tertiary/aromatic N) is 6. The number of imidazole rings is 2. The molecule has 3 aromatic carbocycles. The monoisotopic (exact) mass is 578 g/mol. The summed E-state index contributed by atoms with van der Waals surface area (Å²) in [6.45, 7) is 3.61. The number of benzene rings is 3. The van der Waals surface area contributed by atoms with Crippen LogP contribution in [0.4, 0.5) is 11.4 Å². The summed E-state index contributed by atoms with van der Waals surface area (Å²) in [5, 5.41) is 49.1. The molecule has 0 saturated heterocycles. The second kappa shape index (κ2) is 10.4. The Balaban J connectivity index is 1.18. The molecule has 44 heavy (non-hydrogen) atoms. The molecule has 10 heteroatoms. The number of nitriles is 2. The van der Waals surface area contributed by atoms with Crippen molar-refractivity contribution in [2.24, 2.45) is 0 Å². The number of rotatable bonds is 4. The quantitative estimate of drug-likeness (QED) is 0.204. The van der Waals surface area contributed by atoms with Crippen molar-refractivity contribution in [2.75, 3.05) is 10.6 Å². The Kier molecular flexibility index (Phi) is 6.37. The topological polar surface area (TPSA) is 148 Å². The average Bonchev–Trinajstić information content (AvgIpc) is 3.61. The normalized spacial score (nSPS) is 19.7. The number of allylic oxidation sites excluding steroid dienone is 2. The van der Waals surface area contributed by atoms with E-state index < -0.39 is 12.5 Å². The van der Waals surface area contributed by atoms with Crippen LogP contribution in [0.3, 0.4) is 0 Å². The largest absolute Gasteiger partial charge is 0.369 e. The molecule has 2 aliphatic heterocycles. The van der Waals surface area contributed by atoms with E-state index in [0.29, 0.717) is 56.1 Å². The Labute approximate surface area is 252 Å². The van der Waals surface area contributed by atoms with Crippen LogP contribution in [-0.4, -0.2) is 29.3 Å². The van der Waals surface area contributed by atoms with Crippen LogP contribution >= 0.6 is 0 Å². The Morgan fingerprint density at radius 3 is 1.55 bits per heavy atom. The molecule has 2 aliphatic rings. The maximum atomic E-state index is 11.4. The summed E-state index contributed by atoms with van der Waals surface area (Å²) in [4.78, 5) is 9.18. The number of fused-ring (bicyclic) bond motifs is 6. The summed E-state index contributed by atoms with van der Waals surface area (Å²) in [6, 6.07) is 27.0. The van der Waals surface area contributed by atoms with Gasteiger partial charge in [0.1, 0.15) is 12.1 Å². The zero-order chi connectivity index (χ0) is 30.5. The first-order chi connectivity index (χ1) is 21.4. The van der Waals surface area contributed by atoms with Gasteiger partial charge in [-0.05, 0) is 67.5 Å². The molecule has 10 nitrogen and oxygen atoms in total. The fraction of sp³-hybridized carbons (Fsp3) is 0.118. The molecular formula is C34H26N8O2. The molecule has 4 heterocycles. The zero-order valence-electron chi connectivity index (χ0n) is 23.8. The molecule has 0 aliphatic carbocycles. The van der Waals surface area contributed by atoms with Crippen LogP contribution in [0, 0.1) is 22.7 Å². The van der Waals surface area contributed by atoms with Crippen LogP contribution in [0.1, 0.15) is 38.0 Å². The highest BCUT2D eigenvalue weighted by Crippen LogP contribution is 2.40. The number of para-hydroxylation sites is 4. The Bertz CT molecular complexity index is 2060. The van der Waals surface area contributed by atoms with Crippen molar-refractivity contribution in [3.63, 3.8) is 0 Å². The second-order valence-electron chi connectivity index (χ2n) is 10.6. The first kappa shape index (κ1) is 26.9. The number of anilines is 2. The van der Waals surface area contributed by atoms with Gasteiger partial charge in [0.25, 0.3) is 0 Å². The Hall–Kier alpha value is -5.94. The molecule has 0 fully saturated rings. The van der Waals surface area contributed by atoms with E-state index in [1.54, 1.807) is 35.4 Å². The smallest absolute Gasteiger partial charge is 0.160 e. The summed E-state index contributed by atoms with van der Waals surface area (Å²) < 4.78 is 3.35. The van der Waals surface area contributed by atoms with Gasteiger partial charge in [-0.2, -0.15) is 10.5 Å². The van der Waals surface area contributed by atoms with E-state index in [0.717, 1.165) is 22.4 Å². The van der Waals surface area contributed by atoms with Gasteiger partial charge < -0.3 is 20.8 Å². The Morgan fingerprint density at radius 1 is 0.682 bits per heavy atom. The van der Waals surface area contributed by atoms with Crippen LogP contribution in [0.25, 0.3) is 33.2 Å². The fourth-order valence-corrected chi connectivity index (χ4v) is 5.88. The molecule has 0 amide bonds. The van der Waals surface area contributed by atoms with E-state index >= 15 is 0 Å². The molecule has 0 unspecified atom stereocenters. The van der Waals surface area contributed by atoms with E-state index in [2.05, 4.69) is 32.7 Å². The minimum atomic E-state index is -1.03. The third kappa shape index (κ3) is 4.09. The highest BCUT2D eigenvalue weighted by atomic mass is 16.3. The summed E-state index contributed by atoms with van der Waals surface area (Å²) >= 11 is 0. The van der Waals surface area contributed by atoms with Crippen LogP contribution in [-0.2, 0) is 0 Å². The van der Waals surface area contributed by atoms with Crippen molar-refractivity contribution >= 4 is 44.6 Å². The molecule has 5 aromatic rings. The minimum absolute atomic E-state index is 0.404. The molecule has 2 aromatic heterocycles. The predicted molar refractivity (Wildman–Crippen MR) is 168 cm³/mol. The number of aliphatic hydroxyl groups is 2. The molecule has 4 N–H and O–H groups in total. The lowest BCUT2D eigenvalue weighted by atomic mass is 9.97. The lowest BCUT2D eigenvalue weighted by molar-refractivity contribution is 0.145. The second-order valence-corrected chi connectivity index (χ2v) is 10.6. The van der Waals surface area contributed by atoms with Crippen LogP contribution in [0.15, 0.2) is 107 Å². The van der Waals surface area contributed by atoms with E-state index in [-0.39, 0.29) is 0 Å². The van der Waals surface area contributed by atoms with Crippen molar-refractivity contribution in [3.8, 4) is 12.1 Å². The fourth-order valence-electron chi connectivity index (χ4n) is 5.88. The first-order valence-corrected chi connectivity index (χ1v) is 14.0. The lowest BCUT2D eigenvalue weighted by Gasteiger charge is -2.26. The minimum Gasteiger partial charge on any atom is -0.369 e. The van der Waals surface area contributed by atoms with E-state index in [1.165, 1.54) is 0 Å². The lowest BCUT2D eigenvalue weighted by Crippen LogP contribution is -2.20. The summed E-state index contributed by atoms with van der Waals surface area (Å²) in [7, 11) is 0. The number of hydrogen-bond acceptors (Lipinski definition) is 8. The van der Waals surface area contributed by atoms with Crippen LogP contribution in [0.2, 0.25) is 0 Å². The molecule has 214 valence electrons. The third-order valence-corrected chi connectivity index (χ3v) is 8.18. The highest BCUT2D eigenvalue weighted by Gasteiger charge is 2.32. The molecule has 0 saturated carbocycles. The predicted octanol–water partition coefficient (Wildman–Crippen LogP) is 5.98. The summed E-state index contributed by atoms with van der Waals surface area (Å²) in [5.41, 5.74) is 7.56. The Morgan fingerprint density at radius 2 is 1.11 bits per heavy atom. The first-order valence-electron chi connectivity index (χ1n) is 14.0. The van der Waals surface area contributed by atoms with Gasteiger partial charge in [0.05, 0.1) is 33.2 Å². The van der Waals surface area contributed by atoms with Crippen molar-refractivity contribution in [3.05, 3.63) is 119 Å². The number of hydrogen-bond donors (Lipinski definition) is 4. The van der Waals surface area contributed by atoms with Gasteiger partial charge in [-0.15, -0.1) is 0 Å². The molecule has 0 radical (unpaired) electrons. The van der Waals surface area contributed by atoms with Gasteiger partial charge in [0.2, 0.25) is 0 Å². The van der Waals surface area contributed by atoms with E-state index in [4.69, 9.17) is 0 Å². The van der Waals surface area contributed by atoms with Gasteiger partial charge in [-0.1, -0.05) is 30.3 Å². The zero-order valence-corrected chi connectivity index (χ0v) is 23.8. The van der Waals surface area contributed by atoms with E-state index in [1.807, 2.05) is 72.8 Å². The van der Waals surface area contributed by atoms with Crippen molar-refractivity contribution < 1.29 is 10.2 Å². The molecule has 0 bridgehead atoms. The number of aromatic nitrogens is 4. The van der Waals surface area contributed by atoms with Gasteiger partial charge in [-0.3, -0.25) is 9.13 Å². The van der Waals surface area contributed by atoms with Crippen molar-refractivity contribution in [1.82, 2.24) is 19.1 Å². The van der Waals surface area contributed by atoms with Gasteiger partial charge in [0.15, 0.2) is 24.1 Å². The molecule has 0 spiro atoms. The van der Waals surface area contributed by atoms with Gasteiger partial charge >= 0.3 is 0 Å². The van der Waals surface area contributed by atoms with Crippen molar-refractivity contribution in [2.45, 2.75) is 26.3 Å². The van der Waals surface area contributed by atoms with E-state index in [9.17, 15) is 20.7 Å². The molecular weight excluding hydrogens is 552 g/mol. The van der Waals surface area contributed by atoms with Gasteiger partial charge in [-0.25, -0.2) is 9.97 Å². The SMILES string of the molecule is CC1=C(C#N)c2nc3ccccc3n2[C@H](O)/C1=C\Nc1cccc(N/C=C2/C(C)=C(C#N)c3nc4ccccc4n3[C@@H]2O)c1. The maximum Gasteiger partial charge on any atom is 0.160 e. The molecule has 7 rings (SSSR count). The highest BCUT2D eigenvalue weighted by molar-refractivity contribution is 5.89. The van der Waals surface area contributed by atoms with Gasteiger partial charge in [0, 0.05) is 34.9 Å². The third-order valence-electron chi connectivity index (χ3n) is 8.18. The van der Waals surface area contributed by atoms with Crippen LogP contribution in [0.5, 0.6) is 0 Å². The molecule has 2 atom stereocenters. The number of nitrogens with one attached hydrogen (secondary N) is 2. The van der Waals surface area contributed by atoms with Crippen molar-refractivity contribution in [1.29, 1.82) is 10.5 Å².